The van der Waals surface area contributed by atoms with Crippen molar-refractivity contribution in [1.29, 1.82) is 0 Å². The predicted octanol–water partition coefficient (Wildman–Crippen LogP) is -1.38. The summed E-state index contributed by atoms with van der Waals surface area (Å²) in [6.45, 7) is 0. The van der Waals surface area contributed by atoms with Gasteiger partial charge in [0, 0.05) is 12.8 Å². The van der Waals surface area contributed by atoms with Crippen molar-refractivity contribution in [2.75, 3.05) is 21.1 Å². The predicted molar refractivity (Wildman–Crippen MR) is 46.3 cm³/mol. The Morgan fingerprint density at radius 1 is 1.07 bits per heavy atom. The topological polar surface area (TPSA) is 66.3 Å². The van der Waals surface area contributed by atoms with E-state index in [0.717, 1.165) is 23.4 Å². The lowest BCUT2D eigenvalue weighted by Gasteiger charge is -2.37. The van der Waals surface area contributed by atoms with Gasteiger partial charge in [-0.05, 0) is 12.8 Å². The first-order valence-corrected chi connectivity index (χ1v) is 6.09. The number of quaternary nitrogens is 1. The zero-order chi connectivity index (χ0) is 11.2. The van der Waals surface area contributed by atoms with Gasteiger partial charge in [0.25, 0.3) is 0 Å². The molecule has 0 radical (unpaired) electrons. The lowest BCUT2D eigenvalue weighted by Crippen LogP contribution is -2.47. The summed E-state index contributed by atoms with van der Waals surface area (Å²) in [7, 11) is 6.72. The van der Waals surface area contributed by atoms with Gasteiger partial charge in [0.1, 0.15) is 0 Å². The summed E-state index contributed by atoms with van der Waals surface area (Å²) in [5.74, 6) is 0. The molecular formula is C9H20BrNO3. The van der Waals surface area contributed by atoms with E-state index in [1.165, 1.54) is 12.8 Å². The van der Waals surface area contributed by atoms with Crippen molar-refractivity contribution in [3.63, 3.8) is 0 Å². The van der Waals surface area contributed by atoms with Gasteiger partial charge in [-0.1, -0.05) is 0 Å². The fourth-order valence-electron chi connectivity index (χ4n) is 1.83. The second-order valence-electron chi connectivity index (χ2n) is 4.64. The van der Waals surface area contributed by atoms with Crippen LogP contribution in [0, 0.1) is 15.5 Å². The number of hydrogen-bond donors (Lipinski definition) is 1. The van der Waals surface area contributed by atoms with E-state index in [0.29, 0.717) is 0 Å². The third-order valence-electron chi connectivity index (χ3n) is 2.76. The van der Waals surface area contributed by atoms with Gasteiger partial charge in [0.2, 0.25) is 0 Å². The maximum absolute atomic E-state index is 9.29. The van der Waals surface area contributed by atoms with E-state index < -0.39 is 15.5 Å². The lowest BCUT2D eigenvalue weighted by molar-refractivity contribution is -1.41. The van der Waals surface area contributed by atoms with Crippen molar-refractivity contribution in [3.05, 3.63) is 0 Å². The van der Waals surface area contributed by atoms with Crippen molar-refractivity contribution < 1.29 is 33.5 Å². The van der Waals surface area contributed by atoms with Crippen LogP contribution in [0.2, 0.25) is 0 Å². The largest absolute Gasteiger partial charge is 0.585 e. The Morgan fingerprint density at radius 2 is 1.43 bits per heavy atom. The van der Waals surface area contributed by atoms with Crippen LogP contribution >= 0.6 is 0 Å². The van der Waals surface area contributed by atoms with Gasteiger partial charge in [-0.3, -0.25) is 0 Å². The molecule has 0 bridgehead atoms. The van der Waals surface area contributed by atoms with E-state index in [2.05, 4.69) is 21.1 Å². The Balaban J connectivity index is 0.000000500. The fraction of sp³-hybridized carbons (Fsp3) is 1.00. The molecular weight excluding hydrogens is 250 g/mol. The first kappa shape index (κ1) is 14.3. The molecule has 0 aliphatic heterocycles. The average molecular weight is 270 g/mol. The number of rotatable bonds is 1. The van der Waals surface area contributed by atoms with Crippen molar-refractivity contribution in [1.82, 2.24) is 0 Å². The minimum Gasteiger partial charge on any atom is -0.585 e. The monoisotopic (exact) mass is 269 g/mol. The molecule has 14 heavy (non-hydrogen) atoms. The first-order chi connectivity index (χ1) is 6.41. The van der Waals surface area contributed by atoms with E-state index in [1.807, 2.05) is 0 Å². The van der Waals surface area contributed by atoms with Crippen LogP contribution in [0.3, 0.4) is 0 Å². The number of aliphatic hydroxyl groups is 1. The Kier molecular flexibility index (Phi) is 6.89. The maximum atomic E-state index is 9.29. The van der Waals surface area contributed by atoms with Gasteiger partial charge in [0.05, 0.1) is 33.3 Å². The van der Waals surface area contributed by atoms with Gasteiger partial charge in [-0.15, -0.1) is 0 Å². The number of halogens is 1. The smallest absolute Gasteiger partial charge is 0.170 e. The molecule has 0 saturated heterocycles. The highest BCUT2D eigenvalue weighted by atomic mass is 79.9. The molecule has 1 N–H and O–H groups in total. The molecule has 1 aliphatic carbocycles. The highest BCUT2D eigenvalue weighted by Crippen LogP contribution is 2.24. The summed E-state index contributed by atoms with van der Waals surface area (Å²) in [5, 5.41) is 9.29. The van der Waals surface area contributed by atoms with Crippen LogP contribution in [0.5, 0.6) is 0 Å². The minimum atomic E-state index is -1.44. The van der Waals surface area contributed by atoms with Gasteiger partial charge >= 0.3 is 0 Å². The molecule has 86 valence electrons. The molecule has 0 amide bonds. The quantitative estimate of drug-likeness (QED) is 0.597. The second-order valence-corrected chi connectivity index (χ2v) is 4.91. The summed E-state index contributed by atoms with van der Waals surface area (Å²) in [6, 6.07) is 0.762. The highest BCUT2D eigenvalue weighted by Gasteiger charge is 2.28. The number of hydrogen-bond acceptors (Lipinski definition) is 3. The Morgan fingerprint density at radius 3 is 1.71 bits per heavy atom. The van der Waals surface area contributed by atoms with E-state index in [4.69, 9.17) is 8.40 Å². The molecule has 0 heterocycles. The molecule has 1 saturated carbocycles. The van der Waals surface area contributed by atoms with Crippen LogP contribution in [0.15, 0.2) is 0 Å². The average Bonchev–Trinajstić information content (AvgIpc) is 2.04. The molecule has 0 unspecified atom stereocenters. The first-order valence-electron chi connectivity index (χ1n) is 4.80. The normalized spacial score (nSPS) is 27.9. The summed E-state index contributed by atoms with van der Waals surface area (Å²) >= 11 is -1.44. The van der Waals surface area contributed by atoms with Crippen LogP contribution in [0.4, 0.5) is 0 Å². The molecule has 0 aromatic heterocycles. The van der Waals surface area contributed by atoms with Crippen molar-refractivity contribution in [2.24, 2.45) is 0 Å². The van der Waals surface area contributed by atoms with Crippen LogP contribution in [-0.2, 0) is 0 Å². The standard InChI is InChI=1S/C9H20NO.BrO2/c1-10(2,3)8-4-6-9(11)7-5-8;2-1-3/h8-9,11H,4-7H2,1-3H3;/q+1;-1. The molecule has 1 fully saturated rings. The highest BCUT2D eigenvalue weighted by molar-refractivity contribution is 4.71. The minimum absolute atomic E-state index is 0.0159. The molecule has 1 aliphatic rings. The summed E-state index contributed by atoms with van der Waals surface area (Å²) < 4.78 is 17.9. The second kappa shape index (κ2) is 6.74. The maximum Gasteiger partial charge on any atom is 0.170 e. The van der Waals surface area contributed by atoms with E-state index in [9.17, 15) is 5.11 Å². The van der Waals surface area contributed by atoms with Crippen LogP contribution < -0.4 is 8.40 Å². The molecule has 0 aromatic carbocycles. The summed E-state index contributed by atoms with van der Waals surface area (Å²) in [4.78, 5) is 0. The molecule has 1 rings (SSSR count). The van der Waals surface area contributed by atoms with Gasteiger partial charge < -0.3 is 18.0 Å². The van der Waals surface area contributed by atoms with Gasteiger partial charge in [-0.2, -0.15) is 0 Å². The van der Waals surface area contributed by atoms with Crippen molar-refractivity contribution in [3.8, 4) is 0 Å². The van der Waals surface area contributed by atoms with E-state index in [1.54, 1.807) is 0 Å². The van der Waals surface area contributed by atoms with Crippen LogP contribution in [-0.4, -0.2) is 42.9 Å². The van der Waals surface area contributed by atoms with Gasteiger partial charge in [-0.25, -0.2) is 0 Å². The van der Waals surface area contributed by atoms with Crippen molar-refractivity contribution in [2.45, 2.75) is 37.8 Å². The molecule has 5 heteroatoms. The Labute approximate surface area is 92.9 Å². The Hall–Kier alpha value is 0.320. The zero-order valence-electron chi connectivity index (χ0n) is 9.07. The molecule has 0 atom stereocenters. The zero-order valence-corrected chi connectivity index (χ0v) is 10.7. The van der Waals surface area contributed by atoms with Crippen LogP contribution in [0.25, 0.3) is 0 Å². The molecule has 0 spiro atoms. The fourth-order valence-corrected chi connectivity index (χ4v) is 1.83. The molecule has 0 aromatic rings. The Bertz CT molecular complexity index is 141. The van der Waals surface area contributed by atoms with Gasteiger partial charge in [0.15, 0.2) is 15.5 Å². The number of nitrogens with zero attached hydrogens (tertiary/aromatic N) is 1. The van der Waals surface area contributed by atoms with E-state index in [-0.39, 0.29) is 6.10 Å². The van der Waals surface area contributed by atoms with Crippen LogP contribution in [0.1, 0.15) is 25.7 Å². The summed E-state index contributed by atoms with van der Waals surface area (Å²) in [6.07, 6.45) is 4.35. The molecule has 4 nitrogen and oxygen atoms in total. The SMILES string of the molecule is C[N+](C)(C)C1CCC(O)CC1.[O-][Br+][O-]. The van der Waals surface area contributed by atoms with E-state index >= 15 is 0 Å². The third kappa shape index (κ3) is 5.93. The third-order valence-corrected chi connectivity index (χ3v) is 2.76. The van der Waals surface area contributed by atoms with Crippen molar-refractivity contribution >= 4 is 0 Å². The summed E-state index contributed by atoms with van der Waals surface area (Å²) in [5.41, 5.74) is 0. The lowest BCUT2D eigenvalue weighted by atomic mass is 9.91. The number of aliphatic hydroxyl groups excluding tert-OH is 1.